The first-order chi connectivity index (χ1) is 6.20. The lowest BCUT2D eigenvalue weighted by Gasteiger charge is -2.05. The first-order valence-electron chi connectivity index (χ1n) is 3.64. The first kappa shape index (κ1) is 8.68. The van der Waals surface area contributed by atoms with Gasteiger partial charge in [-0.1, -0.05) is 11.6 Å². The Morgan fingerprint density at radius 3 is 2.77 bits per heavy atom. The molecule has 0 spiro atoms. The summed E-state index contributed by atoms with van der Waals surface area (Å²) in [6.45, 7) is 0.0788. The third-order valence-corrected chi connectivity index (χ3v) is 2.11. The molecule has 13 heavy (non-hydrogen) atoms. The smallest absolute Gasteiger partial charge is 0.454 e. The van der Waals surface area contributed by atoms with Crippen LogP contribution in [0.5, 0.6) is 11.5 Å². The van der Waals surface area contributed by atoms with Crippen molar-refractivity contribution < 1.29 is 19.5 Å². The van der Waals surface area contributed by atoms with Crippen LogP contribution < -0.4 is 14.9 Å². The third kappa shape index (κ3) is 1.35. The maximum atomic E-state index is 9.00. The molecule has 0 atom stereocenters. The zero-order valence-corrected chi connectivity index (χ0v) is 7.28. The Hall–Kier alpha value is -0.905. The van der Waals surface area contributed by atoms with E-state index in [4.69, 9.17) is 31.1 Å². The van der Waals surface area contributed by atoms with Gasteiger partial charge in [0.05, 0.1) is 0 Å². The van der Waals surface area contributed by atoms with Gasteiger partial charge in [-0.05, 0) is 12.1 Å². The highest BCUT2D eigenvalue weighted by Crippen LogP contribution is 2.32. The summed E-state index contributed by atoms with van der Waals surface area (Å²) in [5.74, 6) is 0.787. The van der Waals surface area contributed by atoms with Crippen molar-refractivity contribution in [1.29, 1.82) is 0 Å². The van der Waals surface area contributed by atoms with Crippen molar-refractivity contribution in [2.75, 3.05) is 6.79 Å². The van der Waals surface area contributed by atoms with E-state index in [0.717, 1.165) is 0 Å². The Labute approximate surface area is 79.8 Å². The van der Waals surface area contributed by atoms with E-state index < -0.39 is 7.12 Å². The van der Waals surface area contributed by atoms with Crippen LogP contribution in [0.3, 0.4) is 0 Å². The van der Waals surface area contributed by atoms with Crippen molar-refractivity contribution in [3.63, 3.8) is 0 Å². The van der Waals surface area contributed by atoms with E-state index in [1.54, 1.807) is 6.07 Å². The molecule has 1 aliphatic rings. The summed E-state index contributed by atoms with van der Waals surface area (Å²) in [7, 11) is -1.65. The van der Waals surface area contributed by atoms with Gasteiger partial charge in [-0.25, -0.2) is 0 Å². The summed E-state index contributed by atoms with van der Waals surface area (Å²) in [5.41, 5.74) is 0.150. The van der Waals surface area contributed by atoms with Crippen molar-refractivity contribution in [3.05, 3.63) is 17.2 Å². The number of halogens is 1. The maximum Gasteiger partial charge on any atom is 0.493 e. The molecule has 1 aromatic carbocycles. The lowest BCUT2D eigenvalue weighted by molar-refractivity contribution is 0.174. The number of hydrogen-bond acceptors (Lipinski definition) is 4. The van der Waals surface area contributed by atoms with Crippen molar-refractivity contribution in [2.24, 2.45) is 0 Å². The summed E-state index contributed by atoms with van der Waals surface area (Å²) in [6, 6.07) is 3.15. The van der Waals surface area contributed by atoms with Crippen LogP contribution in [0, 0.1) is 0 Å². The topological polar surface area (TPSA) is 58.9 Å². The van der Waals surface area contributed by atoms with Crippen LogP contribution in [0.4, 0.5) is 0 Å². The highest BCUT2D eigenvalue weighted by Gasteiger charge is 2.27. The molecule has 0 radical (unpaired) electrons. The molecule has 1 heterocycles. The van der Waals surface area contributed by atoms with Crippen LogP contribution in [0.2, 0.25) is 5.02 Å². The summed E-state index contributed by atoms with van der Waals surface area (Å²) in [4.78, 5) is 0. The fraction of sp³-hybridized carbons (Fsp3) is 0.143. The second-order valence-corrected chi connectivity index (χ2v) is 2.98. The molecule has 0 unspecified atom stereocenters. The Morgan fingerprint density at radius 1 is 1.31 bits per heavy atom. The van der Waals surface area contributed by atoms with Gasteiger partial charge in [0.25, 0.3) is 0 Å². The molecule has 0 saturated carbocycles. The van der Waals surface area contributed by atoms with Gasteiger partial charge in [-0.3, -0.25) is 0 Å². The van der Waals surface area contributed by atoms with Crippen LogP contribution in [-0.4, -0.2) is 24.0 Å². The fourth-order valence-electron chi connectivity index (χ4n) is 1.21. The highest BCUT2D eigenvalue weighted by atomic mass is 35.5. The normalized spacial score (nSPS) is 13.2. The molecular weight excluding hydrogens is 194 g/mol. The van der Waals surface area contributed by atoms with Gasteiger partial charge in [-0.2, -0.15) is 0 Å². The molecule has 0 aliphatic carbocycles. The Balaban J connectivity index is 2.58. The minimum atomic E-state index is -1.65. The zero-order chi connectivity index (χ0) is 9.42. The Morgan fingerprint density at radius 2 is 2.08 bits per heavy atom. The van der Waals surface area contributed by atoms with E-state index in [1.807, 2.05) is 0 Å². The second-order valence-electron chi connectivity index (χ2n) is 2.57. The molecule has 6 heteroatoms. The third-order valence-electron chi connectivity index (χ3n) is 1.78. The van der Waals surface area contributed by atoms with Gasteiger partial charge >= 0.3 is 7.12 Å². The number of hydrogen-bond donors (Lipinski definition) is 2. The van der Waals surface area contributed by atoms with Gasteiger partial charge < -0.3 is 19.5 Å². The van der Waals surface area contributed by atoms with Crippen molar-refractivity contribution in [2.45, 2.75) is 0 Å². The number of benzene rings is 1. The van der Waals surface area contributed by atoms with E-state index >= 15 is 0 Å². The van der Waals surface area contributed by atoms with Gasteiger partial charge in [0.2, 0.25) is 6.79 Å². The average molecular weight is 200 g/mol. The largest absolute Gasteiger partial charge is 0.493 e. The van der Waals surface area contributed by atoms with Crippen LogP contribution >= 0.6 is 11.6 Å². The maximum absolute atomic E-state index is 9.00. The van der Waals surface area contributed by atoms with E-state index in [-0.39, 0.29) is 17.3 Å². The molecule has 0 fully saturated rings. The lowest BCUT2D eigenvalue weighted by Crippen LogP contribution is -2.31. The molecule has 1 aliphatic heterocycles. The summed E-state index contributed by atoms with van der Waals surface area (Å²) >= 11 is 5.75. The lowest BCUT2D eigenvalue weighted by atomic mass is 9.79. The fourth-order valence-corrected chi connectivity index (χ4v) is 1.46. The minimum absolute atomic E-state index is 0.0788. The molecule has 2 rings (SSSR count). The number of ether oxygens (including phenoxy) is 2. The summed E-state index contributed by atoms with van der Waals surface area (Å²) in [5, 5.41) is 18.3. The standard InChI is InChI=1S/C7H6BClO4/c9-4-1-2-5-7(13-3-12-5)6(4)8(10)11/h1-2,10-11H,3H2. The molecule has 0 saturated heterocycles. The van der Waals surface area contributed by atoms with E-state index in [2.05, 4.69) is 0 Å². The molecule has 68 valence electrons. The summed E-state index contributed by atoms with van der Waals surface area (Å²) in [6.07, 6.45) is 0. The zero-order valence-electron chi connectivity index (χ0n) is 6.53. The van der Waals surface area contributed by atoms with E-state index in [9.17, 15) is 0 Å². The van der Waals surface area contributed by atoms with Crippen LogP contribution in [0.15, 0.2) is 12.1 Å². The monoisotopic (exact) mass is 200 g/mol. The molecule has 0 bridgehead atoms. The van der Waals surface area contributed by atoms with Crippen molar-refractivity contribution in [1.82, 2.24) is 0 Å². The predicted octanol–water partition coefficient (Wildman–Crippen LogP) is -0.252. The molecule has 0 aromatic heterocycles. The molecular formula is C7H6BClO4. The number of rotatable bonds is 1. The quantitative estimate of drug-likeness (QED) is 0.614. The molecule has 4 nitrogen and oxygen atoms in total. The van der Waals surface area contributed by atoms with Gasteiger partial charge in [0.1, 0.15) is 0 Å². The van der Waals surface area contributed by atoms with Crippen LogP contribution in [-0.2, 0) is 0 Å². The van der Waals surface area contributed by atoms with Gasteiger partial charge in [0, 0.05) is 10.5 Å². The average Bonchev–Trinajstić information content (AvgIpc) is 2.50. The number of fused-ring (bicyclic) bond motifs is 1. The first-order valence-corrected chi connectivity index (χ1v) is 4.02. The molecule has 1 aromatic rings. The molecule has 2 N–H and O–H groups in total. The van der Waals surface area contributed by atoms with Gasteiger partial charge in [-0.15, -0.1) is 0 Å². The Kier molecular flexibility index (Phi) is 2.07. The van der Waals surface area contributed by atoms with Crippen LogP contribution in [0.1, 0.15) is 0 Å². The van der Waals surface area contributed by atoms with Crippen LogP contribution in [0.25, 0.3) is 0 Å². The van der Waals surface area contributed by atoms with Crippen molar-refractivity contribution >= 4 is 24.2 Å². The van der Waals surface area contributed by atoms with Gasteiger partial charge in [0.15, 0.2) is 11.5 Å². The predicted molar refractivity (Wildman–Crippen MR) is 47.4 cm³/mol. The van der Waals surface area contributed by atoms with E-state index in [0.29, 0.717) is 11.5 Å². The summed E-state index contributed by atoms with van der Waals surface area (Å²) < 4.78 is 10.1. The Bertz CT molecular complexity index is 342. The highest BCUT2D eigenvalue weighted by molar-refractivity contribution is 6.64. The van der Waals surface area contributed by atoms with Crippen molar-refractivity contribution in [3.8, 4) is 11.5 Å². The SMILES string of the molecule is OB(O)c1c(Cl)ccc2c1OCO2. The minimum Gasteiger partial charge on any atom is -0.454 e. The second kappa shape index (κ2) is 3.10. The molecule has 0 amide bonds. The van der Waals surface area contributed by atoms with E-state index in [1.165, 1.54) is 6.07 Å².